The van der Waals surface area contributed by atoms with E-state index in [4.69, 9.17) is 4.98 Å². The fraction of sp³-hybridized carbons (Fsp3) is 0.353. The molecule has 0 saturated carbocycles. The largest absolute Gasteiger partial charge is 0.371 e. The Balaban J connectivity index is 1.60. The molecule has 4 heterocycles. The van der Waals surface area contributed by atoms with E-state index in [1.165, 1.54) is 6.20 Å². The average molecular weight is 337 g/mol. The molecule has 128 valence electrons. The molecule has 4 rings (SSSR count). The van der Waals surface area contributed by atoms with Crippen molar-refractivity contribution in [3.63, 3.8) is 0 Å². The van der Waals surface area contributed by atoms with Crippen molar-refractivity contribution in [1.29, 1.82) is 0 Å². The molecule has 1 N–H and O–H groups in total. The van der Waals surface area contributed by atoms with Crippen molar-refractivity contribution < 1.29 is 4.79 Å². The minimum absolute atomic E-state index is 0.0770. The summed E-state index contributed by atoms with van der Waals surface area (Å²) in [5, 5.41) is 7.45. The van der Waals surface area contributed by atoms with Gasteiger partial charge in [0, 0.05) is 38.4 Å². The van der Waals surface area contributed by atoms with E-state index in [2.05, 4.69) is 20.4 Å². The summed E-state index contributed by atoms with van der Waals surface area (Å²) in [5.41, 5.74) is 2.27. The van der Waals surface area contributed by atoms with Gasteiger partial charge in [0.25, 0.3) is 5.91 Å². The second kappa shape index (κ2) is 6.46. The molecule has 0 spiro atoms. The normalized spacial score (nSPS) is 17.6. The first kappa shape index (κ1) is 15.5. The highest BCUT2D eigenvalue weighted by Gasteiger charge is 2.27. The van der Waals surface area contributed by atoms with Crippen molar-refractivity contribution in [3.05, 3.63) is 48.4 Å². The van der Waals surface area contributed by atoms with Gasteiger partial charge >= 0.3 is 0 Å². The summed E-state index contributed by atoms with van der Waals surface area (Å²) in [4.78, 5) is 27.3. The van der Waals surface area contributed by atoms with Crippen molar-refractivity contribution in [3.8, 4) is 0 Å². The number of nitrogens with zero attached hydrogens (tertiary/aromatic N) is 6. The first-order valence-corrected chi connectivity index (χ1v) is 8.33. The van der Waals surface area contributed by atoms with Gasteiger partial charge in [0.05, 0.1) is 24.3 Å². The van der Waals surface area contributed by atoms with Gasteiger partial charge in [-0.1, -0.05) is 0 Å². The minimum atomic E-state index is -0.0770. The highest BCUT2D eigenvalue weighted by Crippen LogP contribution is 2.28. The summed E-state index contributed by atoms with van der Waals surface area (Å²) in [6.45, 7) is 1.35. The van der Waals surface area contributed by atoms with Gasteiger partial charge in [-0.05, 0) is 18.9 Å². The minimum Gasteiger partial charge on any atom is -0.371 e. The summed E-state index contributed by atoms with van der Waals surface area (Å²) in [5.74, 6) is 0.897. The van der Waals surface area contributed by atoms with Crippen LogP contribution in [0.4, 0.5) is 5.82 Å². The molecule has 1 aliphatic rings. The van der Waals surface area contributed by atoms with E-state index in [0.717, 1.165) is 36.4 Å². The Morgan fingerprint density at radius 3 is 3.04 bits per heavy atom. The van der Waals surface area contributed by atoms with Crippen LogP contribution < -0.4 is 5.32 Å². The fourth-order valence-corrected chi connectivity index (χ4v) is 3.30. The Morgan fingerprint density at radius 2 is 2.24 bits per heavy atom. The second-order valence-corrected chi connectivity index (χ2v) is 6.11. The Morgan fingerprint density at radius 1 is 1.32 bits per heavy atom. The Bertz CT molecular complexity index is 892. The van der Waals surface area contributed by atoms with E-state index in [1.807, 2.05) is 28.7 Å². The number of anilines is 1. The molecule has 0 bridgehead atoms. The standard InChI is InChI=1S/C17H19N7O/c1-18-16-15-4-5-21-24(15)11-14(22-16)12-3-2-8-23(10-12)17(25)13-9-19-6-7-20-13/h4-7,9,11-12H,2-3,8,10H2,1H3,(H,18,22). The van der Waals surface area contributed by atoms with Crippen LogP contribution in [0.2, 0.25) is 0 Å². The summed E-state index contributed by atoms with van der Waals surface area (Å²) in [6, 6.07) is 1.92. The quantitative estimate of drug-likeness (QED) is 0.781. The average Bonchev–Trinajstić information content (AvgIpc) is 3.16. The summed E-state index contributed by atoms with van der Waals surface area (Å²) < 4.78 is 1.83. The highest BCUT2D eigenvalue weighted by molar-refractivity contribution is 5.92. The van der Waals surface area contributed by atoms with Crippen LogP contribution in [0.15, 0.2) is 37.1 Å². The highest BCUT2D eigenvalue weighted by atomic mass is 16.2. The molecule has 0 radical (unpaired) electrons. The molecule has 1 fully saturated rings. The topological polar surface area (TPSA) is 88.3 Å². The maximum Gasteiger partial charge on any atom is 0.274 e. The third kappa shape index (κ3) is 2.90. The van der Waals surface area contributed by atoms with Gasteiger partial charge in [0.1, 0.15) is 11.2 Å². The molecule has 1 aliphatic heterocycles. The SMILES string of the molecule is CNc1nc(C2CCCN(C(=O)c3cnccn3)C2)cn2nccc12. The molecular formula is C17H19N7O. The van der Waals surface area contributed by atoms with Gasteiger partial charge in [-0.3, -0.25) is 9.78 Å². The molecule has 3 aromatic heterocycles. The first-order chi connectivity index (χ1) is 12.3. The van der Waals surface area contributed by atoms with Crippen LogP contribution in [-0.4, -0.2) is 55.5 Å². The first-order valence-electron chi connectivity index (χ1n) is 8.33. The fourth-order valence-electron chi connectivity index (χ4n) is 3.30. The number of hydrogen-bond acceptors (Lipinski definition) is 6. The van der Waals surface area contributed by atoms with E-state index in [0.29, 0.717) is 12.2 Å². The van der Waals surface area contributed by atoms with E-state index in [-0.39, 0.29) is 11.8 Å². The van der Waals surface area contributed by atoms with Gasteiger partial charge < -0.3 is 10.2 Å². The lowest BCUT2D eigenvalue weighted by molar-refractivity contribution is 0.0699. The van der Waals surface area contributed by atoms with Crippen LogP contribution in [0.5, 0.6) is 0 Å². The number of piperidine rings is 1. The van der Waals surface area contributed by atoms with Crippen molar-refractivity contribution in [2.45, 2.75) is 18.8 Å². The molecule has 1 unspecified atom stereocenters. The molecule has 8 heteroatoms. The molecule has 1 saturated heterocycles. The third-order valence-corrected chi connectivity index (χ3v) is 4.55. The van der Waals surface area contributed by atoms with E-state index in [1.54, 1.807) is 18.6 Å². The number of carbonyl (C=O) groups excluding carboxylic acids is 1. The van der Waals surface area contributed by atoms with Crippen LogP contribution >= 0.6 is 0 Å². The van der Waals surface area contributed by atoms with Crippen LogP contribution in [0.3, 0.4) is 0 Å². The summed E-state index contributed by atoms with van der Waals surface area (Å²) >= 11 is 0. The predicted octanol–water partition coefficient (Wildman–Crippen LogP) is 1.58. The zero-order chi connectivity index (χ0) is 17.2. The van der Waals surface area contributed by atoms with Crippen LogP contribution in [0.25, 0.3) is 5.52 Å². The van der Waals surface area contributed by atoms with Crippen molar-refractivity contribution in [2.75, 3.05) is 25.5 Å². The predicted molar refractivity (Wildman–Crippen MR) is 92.4 cm³/mol. The van der Waals surface area contributed by atoms with Gasteiger partial charge in [-0.25, -0.2) is 14.5 Å². The summed E-state index contributed by atoms with van der Waals surface area (Å²) in [7, 11) is 1.85. The van der Waals surface area contributed by atoms with Crippen molar-refractivity contribution >= 4 is 17.2 Å². The van der Waals surface area contributed by atoms with Gasteiger partial charge in [0.2, 0.25) is 0 Å². The molecular weight excluding hydrogens is 318 g/mol. The van der Waals surface area contributed by atoms with Crippen LogP contribution in [0, 0.1) is 0 Å². The lowest BCUT2D eigenvalue weighted by Gasteiger charge is -2.32. The van der Waals surface area contributed by atoms with Gasteiger partial charge in [0.15, 0.2) is 5.82 Å². The molecule has 0 aromatic carbocycles. The Labute approximate surface area is 144 Å². The maximum atomic E-state index is 12.6. The number of hydrogen-bond donors (Lipinski definition) is 1. The van der Waals surface area contributed by atoms with Gasteiger partial charge in [-0.15, -0.1) is 0 Å². The smallest absolute Gasteiger partial charge is 0.274 e. The lowest BCUT2D eigenvalue weighted by Crippen LogP contribution is -2.39. The second-order valence-electron chi connectivity index (χ2n) is 6.11. The Hall–Kier alpha value is -3.03. The van der Waals surface area contributed by atoms with Crippen LogP contribution in [0.1, 0.15) is 34.9 Å². The maximum absolute atomic E-state index is 12.6. The third-order valence-electron chi connectivity index (χ3n) is 4.55. The number of carbonyl (C=O) groups is 1. The molecule has 25 heavy (non-hydrogen) atoms. The number of amides is 1. The Kier molecular flexibility index (Phi) is 4.01. The number of rotatable bonds is 3. The number of aromatic nitrogens is 5. The molecule has 8 nitrogen and oxygen atoms in total. The lowest BCUT2D eigenvalue weighted by atomic mass is 9.94. The van der Waals surface area contributed by atoms with Gasteiger partial charge in [-0.2, -0.15) is 5.10 Å². The number of nitrogens with one attached hydrogen (secondary N) is 1. The zero-order valence-electron chi connectivity index (χ0n) is 14.0. The van der Waals surface area contributed by atoms with Crippen molar-refractivity contribution in [2.24, 2.45) is 0 Å². The van der Waals surface area contributed by atoms with Crippen LogP contribution in [-0.2, 0) is 0 Å². The monoisotopic (exact) mass is 337 g/mol. The number of likely N-dealkylation sites (tertiary alicyclic amines) is 1. The molecule has 0 aliphatic carbocycles. The summed E-state index contributed by atoms with van der Waals surface area (Å²) in [6.07, 6.45) is 10.3. The molecule has 1 atom stereocenters. The molecule has 1 amide bonds. The van der Waals surface area contributed by atoms with E-state index < -0.39 is 0 Å². The molecule has 3 aromatic rings. The van der Waals surface area contributed by atoms with E-state index in [9.17, 15) is 4.79 Å². The number of fused-ring (bicyclic) bond motifs is 1. The van der Waals surface area contributed by atoms with E-state index >= 15 is 0 Å². The van der Waals surface area contributed by atoms with Crippen molar-refractivity contribution in [1.82, 2.24) is 29.5 Å². The zero-order valence-corrected chi connectivity index (χ0v) is 14.0.